The van der Waals surface area contributed by atoms with E-state index in [4.69, 9.17) is 14.2 Å². The van der Waals surface area contributed by atoms with Gasteiger partial charge in [-0.2, -0.15) is 0 Å². The van der Waals surface area contributed by atoms with Gasteiger partial charge in [0.2, 0.25) is 0 Å². The number of ketones is 2. The molecule has 0 spiro atoms. The van der Waals surface area contributed by atoms with Gasteiger partial charge >= 0.3 is 5.97 Å². The zero-order chi connectivity index (χ0) is 22.6. The van der Waals surface area contributed by atoms with Crippen molar-refractivity contribution in [2.24, 2.45) is 0 Å². The summed E-state index contributed by atoms with van der Waals surface area (Å²) in [6.45, 7) is 6.84. The van der Waals surface area contributed by atoms with Crippen LogP contribution in [-0.2, 0) is 9.53 Å². The van der Waals surface area contributed by atoms with Crippen molar-refractivity contribution in [3.05, 3.63) is 46.6 Å². The molecular weight excluding hydrogens is 388 g/mol. The number of hydrogen-bond donors (Lipinski definition) is 1. The highest BCUT2D eigenvalue weighted by molar-refractivity contribution is 6.24. The van der Waals surface area contributed by atoms with Crippen LogP contribution in [0.1, 0.15) is 72.9 Å². The van der Waals surface area contributed by atoms with Crippen LogP contribution in [-0.4, -0.2) is 42.5 Å². The smallest absolute Gasteiger partial charge is 0.309 e. The normalized spacial score (nSPS) is 14.1. The fraction of sp³-hybridized carbons (Fsp3) is 0.435. The number of aliphatic hydroxyl groups is 1. The van der Waals surface area contributed by atoms with Crippen molar-refractivity contribution in [1.82, 2.24) is 0 Å². The highest BCUT2D eigenvalue weighted by Crippen LogP contribution is 2.42. The Bertz CT molecular complexity index is 912. The van der Waals surface area contributed by atoms with Gasteiger partial charge in [0.25, 0.3) is 0 Å². The van der Waals surface area contributed by atoms with E-state index in [1.54, 1.807) is 6.07 Å². The first-order valence-electron chi connectivity index (χ1n) is 9.59. The van der Waals surface area contributed by atoms with Crippen molar-refractivity contribution >= 4 is 17.5 Å². The molecule has 0 heterocycles. The Kier molecular flexibility index (Phi) is 7.21. The summed E-state index contributed by atoms with van der Waals surface area (Å²) in [7, 11) is 2.78. The number of carbonyl (C=O) groups is 3. The van der Waals surface area contributed by atoms with Gasteiger partial charge in [0.15, 0.2) is 11.6 Å². The van der Waals surface area contributed by atoms with Crippen molar-refractivity contribution in [3.8, 4) is 11.5 Å². The molecule has 7 heteroatoms. The summed E-state index contributed by atoms with van der Waals surface area (Å²) in [6, 6.07) is 1.56. The Morgan fingerprint density at radius 2 is 1.70 bits per heavy atom. The standard InChI is InChI=1S/C23H28O7/c1-13(2)7-10-17(30-19(26)12-23(3,4)27)14-11-18(28-5)20-15(24)8-9-16(25)21(20)22(14)29-6/h7-9,11,17,27H,10,12H2,1-6H3/t17-/m1/s1. The molecule has 1 atom stereocenters. The van der Waals surface area contributed by atoms with Gasteiger partial charge in [-0.25, -0.2) is 0 Å². The molecule has 0 fully saturated rings. The van der Waals surface area contributed by atoms with Gasteiger partial charge in [-0.05, 0) is 45.9 Å². The maximum absolute atomic E-state index is 12.6. The average Bonchev–Trinajstić information content (AvgIpc) is 2.64. The summed E-state index contributed by atoms with van der Waals surface area (Å²) in [5.74, 6) is -1.01. The maximum Gasteiger partial charge on any atom is 0.309 e. The molecule has 7 nitrogen and oxygen atoms in total. The third kappa shape index (κ3) is 5.36. The highest BCUT2D eigenvalue weighted by atomic mass is 16.5. The number of hydrogen-bond acceptors (Lipinski definition) is 7. The minimum atomic E-state index is -1.23. The molecule has 0 aromatic heterocycles. The first-order chi connectivity index (χ1) is 14.0. The fourth-order valence-electron chi connectivity index (χ4n) is 3.21. The quantitative estimate of drug-likeness (QED) is 0.509. The van der Waals surface area contributed by atoms with Gasteiger partial charge < -0.3 is 19.3 Å². The van der Waals surface area contributed by atoms with Crippen molar-refractivity contribution in [1.29, 1.82) is 0 Å². The van der Waals surface area contributed by atoms with Crippen LogP contribution < -0.4 is 9.47 Å². The van der Waals surface area contributed by atoms with Gasteiger partial charge in [0.05, 0.1) is 37.4 Å². The molecule has 0 bridgehead atoms. The van der Waals surface area contributed by atoms with Crippen LogP contribution in [0.5, 0.6) is 11.5 Å². The van der Waals surface area contributed by atoms with Crippen LogP contribution in [0, 0.1) is 0 Å². The van der Waals surface area contributed by atoms with Crippen LogP contribution in [0.25, 0.3) is 0 Å². The van der Waals surface area contributed by atoms with Gasteiger partial charge in [0, 0.05) is 12.0 Å². The molecular formula is C23H28O7. The van der Waals surface area contributed by atoms with Crippen LogP contribution in [0.2, 0.25) is 0 Å². The minimum Gasteiger partial charge on any atom is -0.496 e. The van der Waals surface area contributed by atoms with E-state index in [9.17, 15) is 19.5 Å². The van der Waals surface area contributed by atoms with E-state index in [2.05, 4.69) is 0 Å². The minimum absolute atomic E-state index is 0.0834. The van der Waals surface area contributed by atoms with Crippen molar-refractivity contribution in [3.63, 3.8) is 0 Å². The van der Waals surface area contributed by atoms with Crippen LogP contribution >= 0.6 is 0 Å². The lowest BCUT2D eigenvalue weighted by Crippen LogP contribution is -2.26. The first kappa shape index (κ1) is 23.3. The van der Waals surface area contributed by atoms with E-state index >= 15 is 0 Å². The van der Waals surface area contributed by atoms with Crippen LogP contribution in [0.4, 0.5) is 0 Å². The van der Waals surface area contributed by atoms with Crippen molar-refractivity contribution in [2.75, 3.05) is 14.2 Å². The molecule has 30 heavy (non-hydrogen) atoms. The van der Waals surface area contributed by atoms with E-state index in [-0.39, 0.29) is 34.8 Å². The second kappa shape index (κ2) is 9.26. The summed E-state index contributed by atoms with van der Waals surface area (Å²) >= 11 is 0. The monoisotopic (exact) mass is 416 g/mol. The highest BCUT2D eigenvalue weighted by Gasteiger charge is 2.33. The molecule has 0 amide bonds. The molecule has 0 aliphatic heterocycles. The van der Waals surface area contributed by atoms with Gasteiger partial charge in [-0.15, -0.1) is 0 Å². The predicted octanol–water partition coefficient (Wildman–Crippen LogP) is 3.74. The number of benzene rings is 1. The fourth-order valence-corrected chi connectivity index (χ4v) is 3.21. The zero-order valence-electron chi connectivity index (χ0n) is 18.2. The molecule has 1 aliphatic carbocycles. The molecule has 2 rings (SSSR count). The number of allylic oxidation sites excluding steroid dienone is 3. The Morgan fingerprint density at radius 1 is 1.10 bits per heavy atom. The molecule has 0 saturated carbocycles. The van der Waals surface area contributed by atoms with Crippen molar-refractivity contribution in [2.45, 2.75) is 52.2 Å². The SMILES string of the molecule is COc1cc([C@@H](CC=C(C)C)OC(=O)CC(C)(C)O)c(OC)c2c1C(=O)C=CC2=O. The summed E-state index contributed by atoms with van der Waals surface area (Å²) in [5.41, 5.74) is 0.389. The largest absolute Gasteiger partial charge is 0.496 e. The van der Waals surface area contributed by atoms with E-state index < -0.39 is 23.5 Å². The number of ether oxygens (including phenoxy) is 3. The lowest BCUT2D eigenvalue weighted by Gasteiger charge is -2.25. The molecule has 162 valence electrons. The molecule has 1 aromatic carbocycles. The average molecular weight is 416 g/mol. The summed E-state index contributed by atoms with van der Waals surface area (Å²) in [6.07, 6.45) is 3.56. The third-order valence-corrected chi connectivity index (χ3v) is 4.51. The molecule has 0 radical (unpaired) electrons. The lowest BCUT2D eigenvalue weighted by molar-refractivity contribution is -0.153. The zero-order valence-corrected chi connectivity index (χ0v) is 18.2. The van der Waals surface area contributed by atoms with E-state index in [1.165, 1.54) is 40.2 Å². The molecule has 1 aromatic rings. The second-order valence-electron chi connectivity index (χ2n) is 8.00. The number of carbonyl (C=O) groups excluding carboxylic acids is 3. The predicted molar refractivity (Wildman–Crippen MR) is 111 cm³/mol. The number of methoxy groups -OCH3 is 2. The Labute approximate surface area is 176 Å². The molecule has 1 aliphatic rings. The summed E-state index contributed by atoms with van der Waals surface area (Å²) < 4.78 is 16.5. The van der Waals surface area contributed by atoms with Gasteiger partial charge in [-0.3, -0.25) is 14.4 Å². The number of fused-ring (bicyclic) bond motifs is 1. The molecule has 1 N–H and O–H groups in total. The van der Waals surface area contributed by atoms with Gasteiger partial charge in [-0.1, -0.05) is 11.6 Å². The first-order valence-corrected chi connectivity index (χ1v) is 9.59. The Hall–Kier alpha value is -2.93. The summed E-state index contributed by atoms with van der Waals surface area (Å²) in [5, 5.41) is 9.95. The number of esters is 1. The van der Waals surface area contributed by atoms with Crippen LogP contribution in [0.3, 0.4) is 0 Å². The third-order valence-electron chi connectivity index (χ3n) is 4.51. The second-order valence-corrected chi connectivity index (χ2v) is 8.00. The Balaban J connectivity index is 2.64. The molecule has 0 saturated heterocycles. The topological polar surface area (TPSA) is 99.1 Å². The van der Waals surface area contributed by atoms with Crippen LogP contribution in [0.15, 0.2) is 29.9 Å². The Morgan fingerprint density at radius 3 is 2.20 bits per heavy atom. The summed E-state index contributed by atoms with van der Waals surface area (Å²) in [4.78, 5) is 37.5. The van der Waals surface area contributed by atoms with E-state index in [1.807, 2.05) is 19.9 Å². The maximum atomic E-state index is 12.6. The van der Waals surface area contributed by atoms with E-state index in [0.29, 0.717) is 12.0 Å². The number of rotatable bonds is 8. The van der Waals surface area contributed by atoms with E-state index in [0.717, 1.165) is 5.57 Å². The lowest BCUT2D eigenvalue weighted by atomic mass is 9.88. The van der Waals surface area contributed by atoms with Crippen molar-refractivity contribution < 1.29 is 33.7 Å². The van der Waals surface area contributed by atoms with Gasteiger partial charge in [0.1, 0.15) is 17.6 Å². The molecule has 0 unspecified atom stereocenters.